The highest BCUT2D eigenvalue weighted by atomic mass is 35.5. The Hall–Kier alpha value is -0.500. The summed E-state index contributed by atoms with van der Waals surface area (Å²) in [4.78, 5) is 11.4. The summed E-state index contributed by atoms with van der Waals surface area (Å²) in [6.07, 6.45) is 1.88. The maximum absolute atomic E-state index is 11.7. The van der Waals surface area contributed by atoms with Crippen LogP contribution in [0.2, 0.25) is 0 Å². The van der Waals surface area contributed by atoms with Gasteiger partial charge in [-0.3, -0.25) is 4.79 Å². The number of ether oxygens (including phenoxy) is 1. The van der Waals surface area contributed by atoms with Crippen LogP contribution >= 0.6 is 11.6 Å². The highest BCUT2D eigenvalue weighted by Crippen LogP contribution is 2.50. The van der Waals surface area contributed by atoms with E-state index < -0.39 is 0 Å². The minimum Gasteiger partial charge on any atom is -0.465 e. The molecule has 1 aliphatic heterocycles. The zero-order valence-corrected chi connectivity index (χ0v) is 10.0. The third-order valence-corrected chi connectivity index (χ3v) is 4.36. The first kappa shape index (κ1) is 11.0. The summed E-state index contributed by atoms with van der Waals surface area (Å²) in [5.74, 6) is 0.275. The molecule has 0 aromatic rings. The van der Waals surface area contributed by atoms with Crippen LogP contribution in [0.1, 0.15) is 26.7 Å². The number of alkyl halides is 1. The van der Waals surface area contributed by atoms with Gasteiger partial charge in [0.25, 0.3) is 0 Å². The van der Waals surface area contributed by atoms with E-state index in [1.807, 2.05) is 13.8 Å². The number of hydrogen-bond acceptors (Lipinski definition) is 2. The fourth-order valence-corrected chi connectivity index (χ4v) is 3.19. The molecule has 0 bridgehead atoms. The van der Waals surface area contributed by atoms with Gasteiger partial charge in [0.05, 0.1) is 12.5 Å². The van der Waals surface area contributed by atoms with E-state index in [0.29, 0.717) is 6.61 Å². The number of hydrogen-bond donors (Lipinski definition) is 0. The molecule has 2 aliphatic rings. The topological polar surface area (TPSA) is 26.3 Å². The van der Waals surface area contributed by atoms with Crippen LogP contribution in [0.15, 0.2) is 12.2 Å². The number of esters is 1. The molecule has 0 unspecified atom stereocenters. The normalized spacial score (nSPS) is 44.7. The van der Waals surface area contributed by atoms with Crippen LogP contribution in [0.5, 0.6) is 0 Å². The molecule has 15 heavy (non-hydrogen) atoms. The average Bonchev–Trinajstić information content (AvgIpc) is 2.49. The van der Waals surface area contributed by atoms with Crippen molar-refractivity contribution >= 4 is 17.6 Å². The second kappa shape index (κ2) is 3.51. The molecular formula is C12H17ClO2. The standard InChI is InChI=1S/C12H17ClO2/c1-7(2)8-4-5-12(3,13)9-6-15-11(14)10(8)9/h8-10H,1,4-6H2,2-3H3/t8-,9-,10-,12-/m1/s1. The van der Waals surface area contributed by atoms with Crippen molar-refractivity contribution in [3.63, 3.8) is 0 Å². The van der Waals surface area contributed by atoms with Crippen molar-refractivity contribution < 1.29 is 9.53 Å². The number of halogens is 1. The van der Waals surface area contributed by atoms with Gasteiger partial charge in [0, 0.05) is 10.8 Å². The van der Waals surface area contributed by atoms with Crippen molar-refractivity contribution in [2.75, 3.05) is 6.61 Å². The minimum absolute atomic E-state index is 0.0567. The van der Waals surface area contributed by atoms with Crippen molar-refractivity contribution in [3.8, 4) is 0 Å². The lowest BCUT2D eigenvalue weighted by atomic mass is 9.66. The molecule has 3 heteroatoms. The fourth-order valence-electron chi connectivity index (χ4n) is 2.88. The molecule has 2 nitrogen and oxygen atoms in total. The van der Waals surface area contributed by atoms with E-state index in [2.05, 4.69) is 6.58 Å². The summed E-state index contributed by atoms with van der Waals surface area (Å²) >= 11 is 6.45. The predicted molar refractivity (Wildman–Crippen MR) is 59.7 cm³/mol. The molecular weight excluding hydrogens is 212 g/mol. The van der Waals surface area contributed by atoms with E-state index >= 15 is 0 Å². The largest absolute Gasteiger partial charge is 0.465 e. The quantitative estimate of drug-likeness (QED) is 0.392. The summed E-state index contributed by atoms with van der Waals surface area (Å²) in [5, 5.41) is 0. The van der Waals surface area contributed by atoms with Gasteiger partial charge in [-0.1, -0.05) is 12.2 Å². The highest BCUT2D eigenvalue weighted by Gasteiger charge is 2.53. The van der Waals surface area contributed by atoms with Gasteiger partial charge in [0.2, 0.25) is 0 Å². The Labute approximate surface area is 95.6 Å². The van der Waals surface area contributed by atoms with Crippen LogP contribution in [0.3, 0.4) is 0 Å². The summed E-state index contributed by atoms with van der Waals surface area (Å²) in [6.45, 7) is 8.46. The Bertz CT molecular complexity index is 309. The van der Waals surface area contributed by atoms with E-state index in [1.54, 1.807) is 0 Å². The van der Waals surface area contributed by atoms with Crippen molar-refractivity contribution in [3.05, 3.63) is 12.2 Å². The minimum atomic E-state index is -0.289. The van der Waals surface area contributed by atoms with E-state index in [4.69, 9.17) is 16.3 Å². The van der Waals surface area contributed by atoms with Gasteiger partial charge in [0.1, 0.15) is 0 Å². The number of allylic oxidation sites excluding steroid dienone is 1. The molecule has 0 aromatic heterocycles. The maximum atomic E-state index is 11.7. The summed E-state index contributed by atoms with van der Waals surface area (Å²) in [6, 6.07) is 0. The molecule has 2 fully saturated rings. The molecule has 1 saturated heterocycles. The van der Waals surface area contributed by atoms with Crippen LogP contribution in [0.25, 0.3) is 0 Å². The first-order chi connectivity index (χ1) is 6.93. The summed E-state index contributed by atoms with van der Waals surface area (Å²) in [5.41, 5.74) is 1.08. The van der Waals surface area contributed by atoms with Gasteiger partial charge >= 0.3 is 5.97 Å². The lowest BCUT2D eigenvalue weighted by Crippen LogP contribution is -2.43. The van der Waals surface area contributed by atoms with Crippen molar-refractivity contribution in [2.45, 2.75) is 31.6 Å². The Morgan fingerprint density at radius 1 is 1.67 bits per heavy atom. The van der Waals surface area contributed by atoms with E-state index in [9.17, 15) is 4.79 Å². The van der Waals surface area contributed by atoms with Crippen molar-refractivity contribution in [1.29, 1.82) is 0 Å². The van der Waals surface area contributed by atoms with Crippen LogP contribution in [-0.2, 0) is 9.53 Å². The molecule has 1 heterocycles. The SMILES string of the molecule is C=C(C)[C@H]1CC[C@@](C)(Cl)[C@@H]2COC(=O)[C@H]12. The predicted octanol–water partition coefficient (Wildman–Crippen LogP) is 2.76. The number of rotatable bonds is 1. The zero-order valence-electron chi connectivity index (χ0n) is 9.25. The third kappa shape index (κ3) is 1.69. The highest BCUT2D eigenvalue weighted by molar-refractivity contribution is 6.24. The van der Waals surface area contributed by atoms with E-state index in [0.717, 1.165) is 18.4 Å². The van der Waals surface area contributed by atoms with Gasteiger partial charge in [-0.15, -0.1) is 11.6 Å². The van der Waals surface area contributed by atoms with E-state index in [1.165, 1.54) is 0 Å². The molecule has 0 amide bonds. The van der Waals surface area contributed by atoms with Crippen LogP contribution in [0.4, 0.5) is 0 Å². The van der Waals surface area contributed by atoms with Gasteiger partial charge in [-0.25, -0.2) is 0 Å². The Morgan fingerprint density at radius 3 is 2.93 bits per heavy atom. The first-order valence-corrected chi connectivity index (χ1v) is 5.82. The Balaban J connectivity index is 2.30. The number of carbonyl (C=O) groups excluding carboxylic acids is 1. The first-order valence-electron chi connectivity index (χ1n) is 5.44. The Morgan fingerprint density at radius 2 is 2.33 bits per heavy atom. The van der Waals surface area contributed by atoms with Gasteiger partial charge in [-0.05, 0) is 32.6 Å². The van der Waals surface area contributed by atoms with Crippen LogP contribution in [0, 0.1) is 17.8 Å². The van der Waals surface area contributed by atoms with Gasteiger partial charge < -0.3 is 4.74 Å². The second-order valence-corrected chi connectivity index (χ2v) is 5.90. The second-order valence-electron chi connectivity index (χ2n) is 5.03. The summed E-state index contributed by atoms with van der Waals surface area (Å²) in [7, 11) is 0. The molecule has 0 spiro atoms. The van der Waals surface area contributed by atoms with Gasteiger partial charge in [-0.2, -0.15) is 0 Å². The maximum Gasteiger partial charge on any atom is 0.310 e. The van der Waals surface area contributed by atoms with Crippen LogP contribution < -0.4 is 0 Å². The van der Waals surface area contributed by atoms with Crippen molar-refractivity contribution in [1.82, 2.24) is 0 Å². The molecule has 1 aliphatic carbocycles. The van der Waals surface area contributed by atoms with Gasteiger partial charge in [0.15, 0.2) is 0 Å². The smallest absolute Gasteiger partial charge is 0.310 e. The zero-order chi connectivity index (χ0) is 11.2. The Kier molecular flexibility index (Phi) is 2.58. The average molecular weight is 229 g/mol. The number of carbonyl (C=O) groups is 1. The fraction of sp³-hybridized carbons (Fsp3) is 0.750. The molecule has 84 valence electrons. The monoisotopic (exact) mass is 228 g/mol. The molecule has 1 saturated carbocycles. The molecule has 0 radical (unpaired) electrons. The molecule has 2 rings (SSSR count). The van der Waals surface area contributed by atoms with E-state index in [-0.39, 0.29) is 28.6 Å². The van der Waals surface area contributed by atoms with Crippen LogP contribution in [-0.4, -0.2) is 17.5 Å². The molecule has 0 aromatic carbocycles. The lowest BCUT2D eigenvalue weighted by Gasteiger charge is -2.40. The lowest BCUT2D eigenvalue weighted by molar-refractivity contribution is -0.142. The summed E-state index contributed by atoms with van der Waals surface area (Å²) < 4.78 is 5.15. The number of cyclic esters (lactones) is 1. The molecule has 4 atom stereocenters. The molecule has 0 N–H and O–H groups in total. The third-order valence-electron chi connectivity index (χ3n) is 3.89. The number of fused-ring (bicyclic) bond motifs is 1. The van der Waals surface area contributed by atoms with Crippen molar-refractivity contribution in [2.24, 2.45) is 17.8 Å².